The van der Waals surface area contributed by atoms with E-state index in [0.717, 1.165) is 6.54 Å². The SMILES string of the molecule is COCC(O)CCNC(=O)[C@@H]1Cc2ccccc2CN1. The maximum absolute atomic E-state index is 12.1. The van der Waals surface area contributed by atoms with Crippen molar-refractivity contribution in [1.82, 2.24) is 10.6 Å². The van der Waals surface area contributed by atoms with E-state index in [-0.39, 0.29) is 11.9 Å². The zero-order chi connectivity index (χ0) is 14.4. The van der Waals surface area contributed by atoms with Crippen LogP contribution in [0.15, 0.2) is 24.3 Å². The first-order valence-corrected chi connectivity index (χ1v) is 6.95. The number of amides is 1. The van der Waals surface area contributed by atoms with Crippen molar-refractivity contribution in [2.45, 2.75) is 31.5 Å². The lowest BCUT2D eigenvalue weighted by molar-refractivity contribution is -0.123. The lowest BCUT2D eigenvalue weighted by Crippen LogP contribution is -2.48. The summed E-state index contributed by atoms with van der Waals surface area (Å²) in [6.07, 6.45) is 0.686. The number of ether oxygens (including phenoxy) is 1. The molecule has 0 saturated carbocycles. The van der Waals surface area contributed by atoms with Gasteiger partial charge < -0.3 is 20.5 Å². The van der Waals surface area contributed by atoms with Crippen LogP contribution in [0.4, 0.5) is 0 Å². The molecule has 1 aliphatic rings. The summed E-state index contributed by atoms with van der Waals surface area (Å²) >= 11 is 0. The van der Waals surface area contributed by atoms with Crippen LogP contribution in [0, 0.1) is 0 Å². The molecule has 5 heteroatoms. The number of rotatable bonds is 6. The maximum atomic E-state index is 12.1. The summed E-state index contributed by atoms with van der Waals surface area (Å²) in [6.45, 7) is 1.48. The first-order chi connectivity index (χ1) is 9.70. The third-order valence-electron chi connectivity index (χ3n) is 3.53. The zero-order valence-electron chi connectivity index (χ0n) is 11.8. The van der Waals surface area contributed by atoms with Crippen molar-refractivity contribution < 1.29 is 14.6 Å². The largest absolute Gasteiger partial charge is 0.391 e. The minimum Gasteiger partial charge on any atom is -0.391 e. The molecule has 0 fully saturated rings. The Balaban J connectivity index is 1.77. The molecule has 1 unspecified atom stereocenters. The van der Waals surface area contributed by atoms with Crippen LogP contribution < -0.4 is 10.6 Å². The number of hydrogen-bond acceptors (Lipinski definition) is 4. The van der Waals surface area contributed by atoms with Gasteiger partial charge in [0.1, 0.15) is 0 Å². The summed E-state index contributed by atoms with van der Waals surface area (Å²) in [5.41, 5.74) is 2.48. The monoisotopic (exact) mass is 278 g/mol. The molecule has 0 saturated heterocycles. The smallest absolute Gasteiger partial charge is 0.237 e. The number of methoxy groups -OCH3 is 1. The van der Waals surface area contributed by atoms with Gasteiger partial charge in [-0.25, -0.2) is 0 Å². The van der Waals surface area contributed by atoms with Crippen LogP contribution in [-0.2, 0) is 22.5 Å². The molecule has 5 nitrogen and oxygen atoms in total. The molecular weight excluding hydrogens is 256 g/mol. The molecule has 0 spiro atoms. The fraction of sp³-hybridized carbons (Fsp3) is 0.533. The highest BCUT2D eigenvalue weighted by molar-refractivity contribution is 5.82. The lowest BCUT2D eigenvalue weighted by Gasteiger charge is -2.25. The Morgan fingerprint density at radius 1 is 1.50 bits per heavy atom. The normalized spacial score (nSPS) is 19.2. The van der Waals surface area contributed by atoms with Gasteiger partial charge in [-0.05, 0) is 24.0 Å². The minimum atomic E-state index is -0.527. The number of carbonyl (C=O) groups excluding carboxylic acids is 1. The van der Waals surface area contributed by atoms with Crippen LogP contribution in [0.2, 0.25) is 0 Å². The Morgan fingerprint density at radius 2 is 2.25 bits per heavy atom. The molecule has 0 aromatic heterocycles. The first-order valence-electron chi connectivity index (χ1n) is 6.95. The molecule has 0 radical (unpaired) electrons. The number of benzene rings is 1. The second kappa shape index (κ2) is 7.38. The zero-order valence-corrected chi connectivity index (χ0v) is 11.8. The topological polar surface area (TPSA) is 70.6 Å². The van der Waals surface area contributed by atoms with Gasteiger partial charge in [-0.1, -0.05) is 24.3 Å². The second-order valence-electron chi connectivity index (χ2n) is 5.10. The molecule has 1 aromatic rings. The van der Waals surface area contributed by atoms with Crippen LogP contribution in [0.1, 0.15) is 17.5 Å². The molecule has 0 aliphatic carbocycles. The standard InChI is InChI=1S/C15H22N2O3/c1-20-10-13(18)6-7-16-15(19)14-8-11-4-2-3-5-12(11)9-17-14/h2-5,13-14,17-18H,6-10H2,1H3,(H,16,19)/t13?,14-/m0/s1. The second-order valence-corrected chi connectivity index (χ2v) is 5.10. The summed E-state index contributed by atoms with van der Waals surface area (Å²) in [4.78, 5) is 12.1. The van der Waals surface area contributed by atoms with Gasteiger partial charge in [-0.3, -0.25) is 4.79 Å². The Hall–Kier alpha value is -1.43. The quantitative estimate of drug-likeness (QED) is 0.696. The van der Waals surface area contributed by atoms with Crippen molar-refractivity contribution in [3.8, 4) is 0 Å². The van der Waals surface area contributed by atoms with Crippen molar-refractivity contribution in [2.24, 2.45) is 0 Å². The van der Waals surface area contributed by atoms with Gasteiger partial charge in [0, 0.05) is 20.2 Å². The van der Waals surface area contributed by atoms with E-state index >= 15 is 0 Å². The van der Waals surface area contributed by atoms with Crippen LogP contribution in [-0.4, -0.2) is 43.4 Å². The highest BCUT2D eigenvalue weighted by Gasteiger charge is 2.23. The Bertz CT molecular complexity index is 450. The van der Waals surface area contributed by atoms with E-state index < -0.39 is 6.10 Å². The van der Waals surface area contributed by atoms with Gasteiger partial charge in [0.15, 0.2) is 0 Å². The van der Waals surface area contributed by atoms with Gasteiger partial charge >= 0.3 is 0 Å². The highest BCUT2D eigenvalue weighted by atomic mass is 16.5. The molecule has 0 bridgehead atoms. The Kier molecular flexibility index (Phi) is 5.52. The number of nitrogens with one attached hydrogen (secondary N) is 2. The van der Waals surface area contributed by atoms with Crippen LogP contribution in [0.25, 0.3) is 0 Å². The van der Waals surface area contributed by atoms with E-state index in [0.29, 0.717) is 26.0 Å². The van der Waals surface area contributed by atoms with Gasteiger partial charge in [0.05, 0.1) is 18.8 Å². The van der Waals surface area contributed by atoms with Crippen molar-refractivity contribution in [3.63, 3.8) is 0 Å². The summed E-state index contributed by atoms with van der Waals surface area (Å²) in [5.74, 6) is -0.0101. The lowest BCUT2D eigenvalue weighted by atomic mass is 9.95. The number of hydrogen-bond donors (Lipinski definition) is 3. The molecule has 1 amide bonds. The van der Waals surface area contributed by atoms with E-state index in [1.807, 2.05) is 12.1 Å². The van der Waals surface area contributed by atoms with Gasteiger partial charge in [0.25, 0.3) is 0 Å². The predicted molar refractivity (Wildman–Crippen MR) is 76.3 cm³/mol. The van der Waals surface area contributed by atoms with E-state index in [9.17, 15) is 9.90 Å². The summed E-state index contributed by atoms with van der Waals surface area (Å²) in [5, 5.41) is 15.6. The predicted octanol–water partition coefficient (Wildman–Crippen LogP) is 0.214. The third-order valence-corrected chi connectivity index (χ3v) is 3.53. The highest BCUT2D eigenvalue weighted by Crippen LogP contribution is 2.16. The average Bonchev–Trinajstić information content (AvgIpc) is 2.47. The Labute approximate surface area is 119 Å². The maximum Gasteiger partial charge on any atom is 0.237 e. The van der Waals surface area contributed by atoms with Gasteiger partial charge in [-0.15, -0.1) is 0 Å². The van der Waals surface area contributed by atoms with Crippen molar-refractivity contribution in [3.05, 3.63) is 35.4 Å². The van der Waals surface area contributed by atoms with E-state index in [2.05, 4.69) is 22.8 Å². The van der Waals surface area contributed by atoms with Gasteiger partial charge in [-0.2, -0.15) is 0 Å². The van der Waals surface area contributed by atoms with Gasteiger partial charge in [0.2, 0.25) is 5.91 Å². The third kappa shape index (κ3) is 4.03. The summed E-state index contributed by atoms with van der Waals surface area (Å²) in [6, 6.07) is 7.97. The molecule has 2 atom stereocenters. The van der Waals surface area contributed by atoms with E-state index in [1.54, 1.807) is 7.11 Å². The number of fused-ring (bicyclic) bond motifs is 1. The molecule has 3 N–H and O–H groups in total. The minimum absolute atomic E-state index is 0.0101. The van der Waals surface area contributed by atoms with Crippen LogP contribution >= 0.6 is 0 Å². The summed E-state index contributed by atoms with van der Waals surface area (Å²) < 4.78 is 4.84. The van der Waals surface area contributed by atoms with E-state index in [4.69, 9.17) is 4.74 Å². The fourth-order valence-electron chi connectivity index (χ4n) is 2.40. The number of carbonyl (C=O) groups is 1. The van der Waals surface area contributed by atoms with Crippen LogP contribution in [0.3, 0.4) is 0 Å². The molecule has 1 aromatic carbocycles. The van der Waals surface area contributed by atoms with E-state index in [1.165, 1.54) is 11.1 Å². The van der Waals surface area contributed by atoms with Crippen molar-refractivity contribution >= 4 is 5.91 Å². The number of aliphatic hydroxyl groups is 1. The Morgan fingerprint density at radius 3 is 3.00 bits per heavy atom. The van der Waals surface area contributed by atoms with Crippen molar-refractivity contribution in [2.75, 3.05) is 20.3 Å². The first kappa shape index (κ1) is 15.0. The van der Waals surface area contributed by atoms with Crippen LogP contribution in [0.5, 0.6) is 0 Å². The fourth-order valence-corrected chi connectivity index (χ4v) is 2.40. The average molecular weight is 278 g/mol. The molecule has 20 heavy (non-hydrogen) atoms. The number of aliphatic hydroxyl groups excluding tert-OH is 1. The molecule has 2 rings (SSSR count). The molecular formula is C15H22N2O3. The molecule has 1 heterocycles. The van der Waals surface area contributed by atoms with Crippen molar-refractivity contribution in [1.29, 1.82) is 0 Å². The summed E-state index contributed by atoms with van der Waals surface area (Å²) in [7, 11) is 1.55. The molecule has 1 aliphatic heterocycles. The molecule has 110 valence electrons.